The minimum absolute atomic E-state index is 0.227. The molecule has 1 atom stereocenters. The number of amides is 1. The molecule has 1 heterocycles. The average molecular weight is 322 g/mol. The first-order valence-electron chi connectivity index (χ1n) is 7.52. The number of aryl methyl sites for hydroxylation is 1. The van der Waals surface area contributed by atoms with Crippen molar-refractivity contribution >= 4 is 11.6 Å². The summed E-state index contributed by atoms with van der Waals surface area (Å²) in [5.74, 6) is 0.384. The molecule has 0 aliphatic carbocycles. The van der Waals surface area contributed by atoms with E-state index in [2.05, 4.69) is 15.4 Å². The molecule has 0 fully saturated rings. The molecule has 0 unspecified atom stereocenters. The van der Waals surface area contributed by atoms with E-state index in [4.69, 9.17) is 4.74 Å². The Morgan fingerprint density at radius 2 is 1.96 bits per heavy atom. The molecule has 1 amide bonds. The molecule has 122 valence electrons. The third kappa shape index (κ3) is 3.49. The van der Waals surface area contributed by atoms with Gasteiger partial charge in [-0.3, -0.25) is 9.48 Å². The molecule has 3 aromatic rings. The van der Waals surface area contributed by atoms with Gasteiger partial charge in [-0.15, -0.1) is 0 Å². The standard InChI is InChI=1S/C18H18N4O2/c1-22-12-19-17(21-22)14-9-6-10-15(11-14)20-18(23)16(24-2)13-7-4-3-5-8-13/h3-12,16H,1-2H3,(H,20,23)/t16-/m1/s1. The lowest BCUT2D eigenvalue weighted by atomic mass is 10.1. The Bertz CT molecular complexity index is 830. The summed E-state index contributed by atoms with van der Waals surface area (Å²) in [6.07, 6.45) is 0.972. The number of nitrogens with zero attached hydrogens (tertiary/aromatic N) is 3. The fourth-order valence-corrected chi connectivity index (χ4v) is 2.44. The van der Waals surface area contributed by atoms with Crippen molar-refractivity contribution in [2.45, 2.75) is 6.10 Å². The highest BCUT2D eigenvalue weighted by molar-refractivity contribution is 5.95. The first-order valence-corrected chi connectivity index (χ1v) is 7.52. The maximum Gasteiger partial charge on any atom is 0.258 e. The van der Waals surface area contributed by atoms with Gasteiger partial charge in [0.1, 0.15) is 6.33 Å². The van der Waals surface area contributed by atoms with E-state index in [0.717, 1.165) is 11.1 Å². The fourth-order valence-electron chi connectivity index (χ4n) is 2.44. The molecule has 0 aliphatic heterocycles. The number of nitrogens with one attached hydrogen (secondary N) is 1. The van der Waals surface area contributed by atoms with Gasteiger partial charge in [0.15, 0.2) is 11.9 Å². The van der Waals surface area contributed by atoms with Crippen LogP contribution in [0, 0.1) is 0 Å². The molecule has 24 heavy (non-hydrogen) atoms. The number of carbonyl (C=O) groups is 1. The number of hydrogen-bond acceptors (Lipinski definition) is 4. The van der Waals surface area contributed by atoms with Crippen molar-refractivity contribution < 1.29 is 9.53 Å². The van der Waals surface area contributed by atoms with Crippen molar-refractivity contribution in [2.75, 3.05) is 12.4 Å². The van der Waals surface area contributed by atoms with Gasteiger partial charge in [-0.05, 0) is 17.7 Å². The van der Waals surface area contributed by atoms with Crippen LogP contribution in [-0.2, 0) is 16.6 Å². The fraction of sp³-hybridized carbons (Fsp3) is 0.167. The molecule has 6 nitrogen and oxygen atoms in total. The summed E-state index contributed by atoms with van der Waals surface area (Å²) in [5, 5.41) is 7.15. The monoisotopic (exact) mass is 322 g/mol. The van der Waals surface area contributed by atoms with Gasteiger partial charge >= 0.3 is 0 Å². The van der Waals surface area contributed by atoms with Gasteiger partial charge in [0, 0.05) is 25.4 Å². The SMILES string of the molecule is CO[C@@H](C(=O)Nc1cccc(-c2ncn(C)n2)c1)c1ccccc1. The van der Waals surface area contributed by atoms with E-state index in [1.165, 1.54) is 7.11 Å². The first kappa shape index (κ1) is 15.9. The third-order valence-electron chi connectivity index (χ3n) is 3.56. The number of benzene rings is 2. The molecule has 0 bridgehead atoms. The zero-order valence-electron chi connectivity index (χ0n) is 13.5. The highest BCUT2D eigenvalue weighted by Gasteiger charge is 2.20. The number of aromatic nitrogens is 3. The van der Waals surface area contributed by atoms with Crippen molar-refractivity contribution in [3.05, 3.63) is 66.5 Å². The molecule has 1 N–H and O–H groups in total. The summed E-state index contributed by atoms with van der Waals surface area (Å²) in [7, 11) is 3.33. The van der Waals surface area contributed by atoms with Crippen LogP contribution in [0.1, 0.15) is 11.7 Å². The number of anilines is 1. The minimum Gasteiger partial charge on any atom is -0.367 e. The number of ether oxygens (including phenoxy) is 1. The summed E-state index contributed by atoms with van der Waals surface area (Å²) in [4.78, 5) is 16.7. The van der Waals surface area contributed by atoms with Gasteiger partial charge in [-0.1, -0.05) is 42.5 Å². The summed E-state index contributed by atoms with van der Waals surface area (Å²) in [6, 6.07) is 16.8. The van der Waals surface area contributed by atoms with Gasteiger partial charge in [0.25, 0.3) is 5.91 Å². The van der Waals surface area contributed by atoms with E-state index in [-0.39, 0.29) is 5.91 Å². The van der Waals surface area contributed by atoms with E-state index >= 15 is 0 Å². The molecule has 0 saturated carbocycles. The predicted octanol–water partition coefficient (Wildman–Crippen LogP) is 2.81. The molecule has 0 spiro atoms. The first-order chi connectivity index (χ1) is 11.7. The summed E-state index contributed by atoms with van der Waals surface area (Å²) >= 11 is 0. The third-order valence-corrected chi connectivity index (χ3v) is 3.56. The molecule has 2 aromatic carbocycles. The molecule has 0 radical (unpaired) electrons. The van der Waals surface area contributed by atoms with Crippen LogP contribution in [0.3, 0.4) is 0 Å². The normalized spacial score (nSPS) is 11.9. The zero-order valence-corrected chi connectivity index (χ0v) is 13.5. The maximum atomic E-state index is 12.5. The second kappa shape index (κ2) is 7.06. The lowest BCUT2D eigenvalue weighted by Gasteiger charge is -2.15. The van der Waals surface area contributed by atoms with Gasteiger partial charge in [0.05, 0.1) is 0 Å². The van der Waals surface area contributed by atoms with Gasteiger partial charge in [-0.25, -0.2) is 4.98 Å². The average Bonchev–Trinajstić information content (AvgIpc) is 3.03. The van der Waals surface area contributed by atoms with Gasteiger partial charge in [-0.2, -0.15) is 5.10 Å². The summed E-state index contributed by atoms with van der Waals surface area (Å²) in [6.45, 7) is 0. The Kier molecular flexibility index (Phi) is 4.67. The Morgan fingerprint density at radius 1 is 1.17 bits per heavy atom. The Labute approximate surface area is 140 Å². The van der Waals surface area contributed by atoms with Crippen molar-refractivity contribution in [3.8, 4) is 11.4 Å². The van der Waals surface area contributed by atoms with Crippen LogP contribution in [-0.4, -0.2) is 27.8 Å². The van der Waals surface area contributed by atoms with Crippen LogP contribution in [0.4, 0.5) is 5.69 Å². The van der Waals surface area contributed by atoms with Gasteiger partial charge < -0.3 is 10.1 Å². The molecular weight excluding hydrogens is 304 g/mol. The molecule has 6 heteroatoms. The Balaban J connectivity index is 1.79. The zero-order chi connectivity index (χ0) is 16.9. The van der Waals surface area contributed by atoms with Crippen LogP contribution < -0.4 is 5.32 Å². The highest BCUT2D eigenvalue weighted by Crippen LogP contribution is 2.22. The molecule has 0 aliphatic rings. The van der Waals surface area contributed by atoms with E-state index in [9.17, 15) is 4.79 Å². The lowest BCUT2D eigenvalue weighted by Crippen LogP contribution is -2.22. The number of rotatable bonds is 5. The number of hydrogen-bond donors (Lipinski definition) is 1. The second-order valence-electron chi connectivity index (χ2n) is 5.34. The Morgan fingerprint density at radius 3 is 2.62 bits per heavy atom. The highest BCUT2D eigenvalue weighted by atomic mass is 16.5. The van der Waals surface area contributed by atoms with E-state index in [1.54, 1.807) is 11.0 Å². The molecular formula is C18H18N4O2. The van der Waals surface area contributed by atoms with E-state index in [1.807, 2.05) is 61.6 Å². The Hall–Kier alpha value is -2.99. The van der Waals surface area contributed by atoms with Crippen molar-refractivity contribution in [3.63, 3.8) is 0 Å². The predicted molar refractivity (Wildman–Crippen MR) is 91.3 cm³/mol. The van der Waals surface area contributed by atoms with Crippen molar-refractivity contribution in [1.82, 2.24) is 14.8 Å². The summed E-state index contributed by atoms with van der Waals surface area (Å²) in [5.41, 5.74) is 2.31. The quantitative estimate of drug-likeness (QED) is 0.784. The van der Waals surface area contributed by atoms with Crippen molar-refractivity contribution in [1.29, 1.82) is 0 Å². The van der Waals surface area contributed by atoms with Crippen molar-refractivity contribution in [2.24, 2.45) is 7.05 Å². The van der Waals surface area contributed by atoms with Crippen LogP contribution in [0.15, 0.2) is 60.9 Å². The number of carbonyl (C=O) groups excluding carboxylic acids is 1. The molecule has 3 rings (SSSR count). The van der Waals surface area contributed by atoms with Crippen LogP contribution >= 0.6 is 0 Å². The van der Waals surface area contributed by atoms with Crippen LogP contribution in [0.5, 0.6) is 0 Å². The van der Waals surface area contributed by atoms with Crippen LogP contribution in [0.2, 0.25) is 0 Å². The largest absolute Gasteiger partial charge is 0.367 e. The summed E-state index contributed by atoms with van der Waals surface area (Å²) < 4.78 is 6.98. The number of methoxy groups -OCH3 is 1. The smallest absolute Gasteiger partial charge is 0.258 e. The minimum atomic E-state index is -0.664. The molecule has 1 aromatic heterocycles. The topological polar surface area (TPSA) is 69.0 Å². The van der Waals surface area contributed by atoms with Crippen LogP contribution in [0.25, 0.3) is 11.4 Å². The maximum absolute atomic E-state index is 12.5. The van der Waals surface area contributed by atoms with Gasteiger partial charge in [0.2, 0.25) is 0 Å². The lowest BCUT2D eigenvalue weighted by molar-refractivity contribution is -0.126. The molecule has 0 saturated heterocycles. The van der Waals surface area contributed by atoms with E-state index < -0.39 is 6.10 Å². The van der Waals surface area contributed by atoms with E-state index in [0.29, 0.717) is 11.5 Å². The second-order valence-corrected chi connectivity index (χ2v) is 5.34.